The van der Waals surface area contributed by atoms with Gasteiger partial charge in [-0.3, -0.25) is 4.68 Å². The Bertz CT molecular complexity index is 474. The molecule has 2 aromatic rings. The lowest BCUT2D eigenvalue weighted by molar-refractivity contribution is 0.522. The van der Waals surface area contributed by atoms with Crippen molar-refractivity contribution in [2.24, 2.45) is 5.73 Å². The molecule has 2 aromatic heterocycles. The highest BCUT2D eigenvalue weighted by Gasteiger charge is 2.13. The third-order valence-electron chi connectivity index (χ3n) is 2.71. The Hall–Kier alpha value is -1.62. The monoisotopic (exact) mass is 234 g/mol. The molecule has 1 unspecified atom stereocenters. The van der Waals surface area contributed by atoms with Crippen LogP contribution in [-0.2, 0) is 13.0 Å². The van der Waals surface area contributed by atoms with E-state index in [1.165, 1.54) is 0 Å². The predicted molar refractivity (Wildman–Crippen MR) is 64.4 cm³/mol. The predicted octanol–water partition coefficient (Wildman–Crippen LogP) is 1.83. The SMILES string of the molecule is CCCn1ncnc1CC(N)c1coc(C)c1. The maximum Gasteiger partial charge on any atom is 0.138 e. The van der Waals surface area contributed by atoms with Crippen LogP contribution in [0.25, 0.3) is 0 Å². The lowest BCUT2D eigenvalue weighted by Gasteiger charge is -2.09. The summed E-state index contributed by atoms with van der Waals surface area (Å²) in [5.74, 6) is 1.81. The first-order valence-corrected chi connectivity index (χ1v) is 5.88. The van der Waals surface area contributed by atoms with Gasteiger partial charge in [-0.25, -0.2) is 4.98 Å². The van der Waals surface area contributed by atoms with E-state index in [-0.39, 0.29) is 6.04 Å². The standard InChI is InChI=1S/C12H18N4O/c1-3-4-16-12(14-8-15-16)6-11(13)10-5-9(2)17-7-10/h5,7-8,11H,3-4,6,13H2,1-2H3. The molecule has 5 heteroatoms. The second kappa shape index (κ2) is 5.14. The number of hydrogen-bond donors (Lipinski definition) is 1. The van der Waals surface area contributed by atoms with E-state index < -0.39 is 0 Å². The summed E-state index contributed by atoms with van der Waals surface area (Å²) in [6.07, 6.45) is 5.01. The van der Waals surface area contributed by atoms with Crippen molar-refractivity contribution in [1.82, 2.24) is 14.8 Å². The van der Waals surface area contributed by atoms with Gasteiger partial charge in [0.2, 0.25) is 0 Å². The van der Waals surface area contributed by atoms with Crippen LogP contribution in [0.4, 0.5) is 0 Å². The Kier molecular flexibility index (Phi) is 3.58. The van der Waals surface area contributed by atoms with Crippen LogP contribution in [0.2, 0.25) is 0 Å². The van der Waals surface area contributed by atoms with Gasteiger partial charge in [-0.05, 0) is 19.4 Å². The van der Waals surface area contributed by atoms with E-state index in [0.29, 0.717) is 6.42 Å². The molecular weight excluding hydrogens is 216 g/mol. The average Bonchev–Trinajstić information content (AvgIpc) is 2.89. The fourth-order valence-electron chi connectivity index (χ4n) is 1.82. The molecule has 2 rings (SSSR count). The third kappa shape index (κ3) is 2.74. The van der Waals surface area contributed by atoms with Gasteiger partial charge in [-0.15, -0.1) is 0 Å². The zero-order valence-corrected chi connectivity index (χ0v) is 10.3. The van der Waals surface area contributed by atoms with E-state index in [0.717, 1.165) is 30.1 Å². The summed E-state index contributed by atoms with van der Waals surface area (Å²) in [6, 6.07) is 1.87. The van der Waals surface area contributed by atoms with Crippen LogP contribution in [-0.4, -0.2) is 14.8 Å². The van der Waals surface area contributed by atoms with Gasteiger partial charge in [0, 0.05) is 24.6 Å². The summed E-state index contributed by atoms with van der Waals surface area (Å²) in [6.45, 7) is 4.91. The van der Waals surface area contributed by atoms with E-state index in [9.17, 15) is 0 Å². The minimum atomic E-state index is -0.0905. The Morgan fingerprint density at radius 2 is 2.35 bits per heavy atom. The zero-order valence-electron chi connectivity index (χ0n) is 10.3. The summed E-state index contributed by atoms with van der Waals surface area (Å²) in [7, 11) is 0. The highest BCUT2D eigenvalue weighted by molar-refractivity contribution is 5.17. The van der Waals surface area contributed by atoms with E-state index in [2.05, 4.69) is 17.0 Å². The summed E-state index contributed by atoms with van der Waals surface area (Å²) in [5.41, 5.74) is 7.13. The van der Waals surface area contributed by atoms with Gasteiger partial charge in [0.25, 0.3) is 0 Å². The minimum absolute atomic E-state index is 0.0905. The van der Waals surface area contributed by atoms with E-state index in [1.807, 2.05) is 17.7 Å². The van der Waals surface area contributed by atoms with Gasteiger partial charge < -0.3 is 10.2 Å². The summed E-state index contributed by atoms with van der Waals surface area (Å²) < 4.78 is 7.17. The Morgan fingerprint density at radius 3 is 3.00 bits per heavy atom. The van der Waals surface area contributed by atoms with E-state index >= 15 is 0 Å². The number of nitrogens with two attached hydrogens (primary N) is 1. The molecule has 0 aliphatic heterocycles. The van der Waals surface area contributed by atoms with E-state index in [1.54, 1.807) is 12.6 Å². The number of hydrogen-bond acceptors (Lipinski definition) is 4. The van der Waals surface area contributed by atoms with Crippen LogP contribution in [0, 0.1) is 6.92 Å². The third-order valence-corrected chi connectivity index (χ3v) is 2.71. The Morgan fingerprint density at radius 1 is 1.53 bits per heavy atom. The first-order valence-electron chi connectivity index (χ1n) is 5.88. The second-order valence-electron chi connectivity index (χ2n) is 4.20. The second-order valence-corrected chi connectivity index (χ2v) is 4.20. The molecule has 17 heavy (non-hydrogen) atoms. The minimum Gasteiger partial charge on any atom is -0.469 e. The molecule has 0 saturated heterocycles. The maximum absolute atomic E-state index is 6.12. The Balaban J connectivity index is 2.07. The molecule has 0 radical (unpaired) electrons. The molecule has 0 aliphatic rings. The van der Waals surface area contributed by atoms with Gasteiger partial charge in [0.15, 0.2) is 0 Å². The molecule has 5 nitrogen and oxygen atoms in total. The molecule has 2 N–H and O–H groups in total. The molecule has 0 amide bonds. The van der Waals surface area contributed by atoms with Crippen molar-refractivity contribution in [3.05, 3.63) is 35.8 Å². The number of aryl methyl sites for hydroxylation is 2. The molecule has 0 spiro atoms. The number of aromatic nitrogens is 3. The van der Waals surface area contributed by atoms with Crippen molar-refractivity contribution < 1.29 is 4.42 Å². The van der Waals surface area contributed by atoms with Crippen molar-refractivity contribution in [1.29, 1.82) is 0 Å². The largest absolute Gasteiger partial charge is 0.469 e. The fourth-order valence-corrected chi connectivity index (χ4v) is 1.82. The van der Waals surface area contributed by atoms with Crippen molar-refractivity contribution >= 4 is 0 Å². The van der Waals surface area contributed by atoms with Crippen LogP contribution in [0.15, 0.2) is 23.1 Å². The van der Waals surface area contributed by atoms with E-state index in [4.69, 9.17) is 10.2 Å². The van der Waals surface area contributed by atoms with Crippen LogP contribution < -0.4 is 5.73 Å². The first kappa shape index (κ1) is 11.9. The molecule has 0 fully saturated rings. The highest BCUT2D eigenvalue weighted by atomic mass is 16.3. The van der Waals surface area contributed by atoms with Gasteiger partial charge in [-0.2, -0.15) is 5.10 Å². The number of furan rings is 1. The van der Waals surface area contributed by atoms with Crippen molar-refractivity contribution in [2.45, 2.75) is 39.3 Å². The lowest BCUT2D eigenvalue weighted by Crippen LogP contribution is -2.16. The Labute approximate surface area is 101 Å². The van der Waals surface area contributed by atoms with Crippen molar-refractivity contribution in [3.63, 3.8) is 0 Å². The first-order chi connectivity index (χ1) is 8.20. The zero-order chi connectivity index (χ0) is 12.3. The van der Waals surface area contributed by atoms with Crippen LogP contribution in [0.1, 0.15) is 36.5 Å². The molecule has 0 saturated carbocycles. The van der Waals surface area contributed by atoms with Gasteiger partial charge in [-0.1, -0.05) is 6.92 Å². The summed E-state index contributed by atoms with van der Waals surface area (Å²) >= 11 is 0. The summed E-state index contributed by atoms with van der Waals surface area (Å²) in [5, 5.41) is 4.18. The van der Waals surface area contributed by atoms with Crippen molar-refractivity contribution in [3.8, 4) is 0 Å². The van der Waals surface area contributed by atoms with Gasteiger partial charge >= 0.3 is 0 Å². The average molecular weight is 234 g/mol. The quantitative estimate of drug-likeness (QED) is 0.856. The van der Waals surface area contributed by atoms with Gasteiger partial charge in [0.1, 0.15) is 17.9 Å². The van der Waals surface area contributed by atoms with Gasteiger partial charge in [0.05, 0.1) is 6.26 Å². The van der Waals surface area contributed by atoms with Crippen LogP contribution in [0.3, 0.4) is 0 Å². The molecular formula is C12H18N4O. The van der Waals surface area contributed by atoms with Crippen molar-refractivity contribution in [2.75, 3.05) is 0 Å². The molecule has 92 valence electrons. The van der Waals surface area contributed by atoms with Crippen LogP contribution in [0.5, 0.6) is 0 Å². The molecule has 0 aliphatic carbocycles. The molecule has 0 bridgehead atoms. The molecule has 2 heterocycles. The summed E-state index contributed by atoms with van der Waals surface area (Å²) in [4.78, 5) is 4.25. The van der Waals surface area contributed by atoms with Crippen LogP contribution >= 0.6 is 0 Å². The molecule has 1 atom stereocenters. The maximum atomic E-state index is 6.12. The topological polar surface area (TPSA) is 69.9 Å². The number of rotatable bonds is 5. The fraction of sp³-hybridized carbons (Fsp3) is 0.500. The highest BCUT2D eigenvalue weighted by Crippen LogP contribution is 2.17. The normalized spacial score (nSPS) is 12.9. The molecule has 0 aromatic carbocycles. The smallest absolute Gasteiger partial charge is 0.138 e. The number of nitrogens with zero attached hydrogens (tertiary/aromatic N) is 3. The lowest BCUT2D eigenvalue weighted by atomic mass is 10.1.